The number of nitrogens with zero attached hydrogens (tertiary/aromatic N) is 2. The van der Waals surface area contributed by atoms with Crippen molar-refractivity contribution in [1.82, 2.24) is 9.80 Å². The third kappa shape index (κ3) is 2.23. The monoisotopic (exact) mass is 366 g/mol. The van der Waals surface area contributed by atoms with E-state index in [2.05, 4.69) is 13.8 Å². The van der Waals surface area contributed by atoms with Gasteiger partial charge in [0, 0.05) is 13.0 Å². The van der Waals surface area contributed by atoms with Gasteiger partial charge in [0.1, 0.15) is 5.82 Å². The number of hydrogen-bond donors (Lipinski definition) is 0. The predicted octanol–water partition coefficient (Wildman–Crippen LogP) is 2.68. The van der Waals surface area contributed by atoms with E-state index in [4.69, 9.17) is 16.3 Å². The lowest BCUT2D eigenvalue weighted by atomic mass is 10.0. The number of benzene rings is 1. The molecule has 0 bridgehead atoms. The summed E-state index contributed by atoms with van der Waals surface area (Å²) in [4.78, 5) is 29.0. The molecule has 0 N–H and O–H groups in total. The van der Waals surface area contributed by atoms with Crippen LogP contribution in [0.15, 0.2) is 18.2 Å². The maximum atomic E-state index is 14.2. The van der Waals surface area contributed by atoms with Crippen LogP contribution in [0.2, 0.25) is 5.02 Å². The van der Waals surface area contributed by atoms with Crippen LogP contribution in [-0.4, -0.2) is 52.6 Å². The van der Waals surface area contributed by atoms with Gasteiger partial charge in [-0.15, -0.1) is 0 Å². The highest BCUT2D eigenvalue weighted by molar-refractivity contribution is 6.33. The molecule has 1 spiro atoms. The lowest BCUT2D eigenvalue weighted by Gasteiger charge is -2.34. The molecule has 1 aromatic carbocycles. The van der Waals surface area contributed by atoms with Gasteiger partial charge in [-0.1, -0.05) is 31.5 Å². The highest BCUT2D eigenvalue weighted by Gasteiger charge is 2.65. The van der Waals surface area contributed by atoms with Crippen molar-refractivity contribution in [3.63, 3.8) is 0 Å². The summed E-state index contributed by atoms with van der Waals surface area (Å²) in [5.74, 6) is -0.852. The zero-order valence-electron chi connectivity index (χ0n) is 14.2. The molecule has 2 amide bonds. The number of carbonyl (C=O) groups is 2. The normalized spacial score (nSPS) is 31.0. The second-order valence-corrected chi connectivity index (χ2v) is 7.70. The molecule has 7 heteroatoms. The van der Waals surface area contributed by atoms with Gasteiger partial charge in [-0.2, -0.15) is 0 Å². The van der Waals surface area contributed by atoms with Gasteiger partial charge in [0.15, 0.2) is 5.72 Å². The molecule has 0 unspecified atom stereocenters. The summed E-state index contributed by atoms with van der Waals surface area (Å²) in [6.07, 6.45) is 0.755. The van der Waals surface area contributed by atoms with E-state index in [9.17, 15) is 14.0 Å². The molecule has 3 fully saturated rings. The van der Waals surface area contributed by atoms with Crippen LogP contribution in [0.5, 0.6) is 0 Å². The van der Waals surface area contributed by atoms with Gasteiger partial charge in [0.25, 0.3) is 5.91 Å². The molecule has 134 valence electrons. The fourth-order valence-corrected chi connectivity index (χ4v) is 4.70. The average molecular weight is 367 g/mol. The van der Waals surface area contributed by atoms with Crippen LogP contribution in [0.1, 0.15) is 37.0 Å². The average Bonchev–Trinajstić information content (AvgIpc) is 3.16. The highest BCUT2D eigenvalue weighted by atomic mass is 35.5. The minimum Gasteiger partial charge on any atom is -0.351 e. The number of rotatable bonds is 2. The van der Waals surface area contributed by atoms with Crippen LogP contribution in [0.4, 0.5) is 4.39 Å². The Hall–Kier alpha value is -1.66. The third-order valence-corrected chi connectivity index (χ3v) is 6.01. The summed E-state index contributed by atoms with van der Waals surface area (Å²) in [7, 11) is 0. The van der Waals surface area contributed by atoms with Gasteiger partial charge in [-0.05, 0) is 18.1 Å². The second kappa shape index (κ2) is 5.68. The first-order valence-corrected chi connectivity index (χ1v) is 8.95. The Kier molecular flexibility index (Phi) is 3.81. The number of hydrogen-bond acceptors (Lipinski definition) is 3. The van der Waals surface area contributed by atoms with E-state index in [1.54, 1.807) is 4.90 Å². The second-order valence-electron chi connectivity index (χ2n) is 7.30. The number of ether oxygens (including phenoxy) is 1. The number of carbonyl (C=O) groups excluding carboxylic acids is 2. The predicted molar refractivity (Wildman–Crippen MR) is 89.6 cm³/mol. The topological polar surface area (TPSA) is 49.9 Å². The van der Waals surface area contributed by atoms with Gasteiger partial charge >= 0.3 is 0 Å². The third-order valence-electron chi connectivity index (χ3n) is 5.69. The summed E-state index contributed by atoms with van der Waals surface area (Å²) in [5, 5.41) is 0.0829. The number of amides is 2. The van der Waals surface area contributed by atoms with Crippen LogP contribution in [0.25, 0.3) is 0 Å². The first-order chi connectivity index (χ1) is 11.9. The minimum atomic E-state index is -0.764. The van der Waals surface area contributed by atoms with Crippen LogP contribution in [0.3, 0.4) is 0 Å². The van der Waals surface area contributed by atoms with E-state index in [0.29, 0.717) is 19.6 Å². The maximum Gasteiger partial charge on any atom is 0.258 e. The Balaban J connectivity index is 1.68. The molecule has 0 aliphatic carbocycles. The molecule has 4 rings (SSSR count). The molecule has 3 saturated heterocycles. The zero-order chi connectivity index (χ0) is 17.9. The van der Waals surface area contributed by atoms with E-state index < -0.39 is 23.5 Å². The van der Waals surface area contributed by atoms with Crippen LogP contribution in [0, 0.1) is 11.7 Å². The van der Waals surface area contributed by atoms with E-state index in [1.165, 1.54) is 18.2 Å². The Bertz CT molecular complexity index is 736. The molecule has 0 radical (unpaired) electrons. The summed E-state index contributed by atoms with van der Waals surface area (Å²) in [6, 6.07) is 3.80. The Morgan fingerprint density at radius 3 is 2.88 bits per heavy atom. The summed E-state index contributed by atoms with van der Waals surface area (Å²) >= 11 is 6.05. The van der Waals surface area contributed by atoms with Crippen molar-refractivity contribution >= 4 is 23.4 Å². The fraction of sp³-hybridized carbons (Fsp3) is 0.556. The number of halogens is 2. The molecule has 3 aliphatic rings. The van der Waals surface area contributed by atoms with Crippen LogP contribution < -0.4 is 0 Å². The molecule has 0 saturated carbocycles. The van der Waals surface area contributed by atoms with Crippen molar-refractivity contribution in [2.45, 2.75) is 44.5 Å². The lowest BCUT2D eigenvalue weighted by Crippen LogP contribution is -2.51. The molecular formula is C18H20ClFN2O3. The minimum absolute atomic E-state index is 0.00155. The molecule has 0 aromatic heterocycles. The van der Waals surface area contributed by atoms with Crippen molar-refractivity contribution in [1.29, 1.82) is 0 Å². The smallest absolute Gasteiger partial charge is 0.258 e. The molecule has 3 atom stereocenters. The van der Waals surface area contributed by atoms with E-state index in [0.717, 1.165) is 0 Å². The first-order valence-electron chi connectivity index (χ1n) is 8.58. The van der Waals surface area contributed by atoms with Crippen molar-refractivity contribution < 1.29 is 18.7 Å². The number of likely N-dealkylation sites (tertiary alicyclic amines) is 1. The maximum absolute atomic E-state index is 14.2. The Morgan fingerprint density at radius 2 is 2.20 bits per heavy atom. The summed E-state index contributed by atoms with van der Waals surface area (Å²) < 4.78 is 20.3. The van der Waals surface area contributed by atoms with E-state index in [-0.39, 0.29) is 34.9 Å². The SMILES string of the molecule is CC(C)[C@@H]1CO[C@@]23CCN(C(=O)c4c(F)cccc4Cl)[C@@H]2CC(=O)N13. The van der Waals surface area contributed by atoms with Crippen molar-refractivity contribution in [3.8, 4) is 0 Å². The standard InChI is InChI=1S/C18H20ClFN2O3/c1-10(2)13-9-25-18-6-7-21(14(18)8-15(23)22(13)18)17(24)16-11(19)4-3-5-12(16)20/h3-5,10,13-14H,6-9H2,1-2H3/t13-,14+,18-/m0/s1. The Morgan fingerprint density at radius 1 is 1.44 bits per heavy atom. The quantitative estimate of drug-likeness (QED) is 0.808. The summed E-state index contributed by atoms with van der Waals surface area (Å²) in [5.41, 5.74) is -0.898. The molecule has 3 heterocycles. The highest BCUT2D eigenvalue weighted by Crippen LogP contribution is 2.49. The molecule has 3 aliphatic heterocycles. The first kappa shape index (κ1) is 16.8. The molecule has 1 aromatic rings. The van der Waals surface area contributed by atoms with Crippen molar-refractivity contribution in [3.05, 3.63) is 34.6 Å². The lowest BCUT2D eigenvalue weighted by molar-refractivity contribution is -0.139. The molecule has 25 heavy (non-hydrogen) atoms. The molecular weight excluding hydrogens is 347 g/mol. The Labute approximate surface area is 150 Å². The van der Waals surface area contributed by atoms with Gasteiger partial charge in [0.05, 0.1) is 35.7 Å². The van der Waals surface area contributed by atoms with Crippen molar-refractivity contribution in [2.75, 3.05) is 13.2 Å². The summed E-state index contributed by atoms with van der Waals surface area (Å²) in [6.45, 7) is 5.01. The molecule has 5 nitrogen and oxygen atoms in total. The van der Waals surface area contributed by atoms with Crippen LogP contribution >= 0.6 is 11.6 Å². The van der Waals surface area contributed by atoms with Gasteiger partial charge in [-0.25, -0.2) is 4.39 Å². The van der Waals surface area contributed by atoms with Crippen molar-refractivity contribution in [2.24, 2.45) is 5.92 Å². The van der Waals surface area contributed by atoms with Crippen LogP contribution in [-0.2, 0) is 9.53 Å². The van der Waals surface area contributed by atoms with E-state index >= 15 is 0 Å². The van der Waals surface area contributed by atoms with Gasteiger partial charge in [0.2, 0.25) is 5.91 Å². The van der Waals surface area contributed by atoms with Gasteiger partial charge < -0.3 is 14.5 Å². The zero-order valence-corrected chi connectivity index (χ0v) is 14.9. The fourth-order valence-electron chi connectivity index (χ4n) is 4.46. The van der Waals surface area contributed by atoms with E-state index in [1.807, 2.05) is 4.90 Å². The largest absolute Gasteiger partial charge is 0.351 e. The van der Waals surface area contributed by atoms with Gasteiger partial charge in [-0.3, -0.25) is 9.59 Å².